The smallest absolute Gasteiger partial charge is 0.170 e. The first-order chi connectivity index (χ1) is 14.2. The van der Waals surface area contributed by atoms with Gasteiger partial charge in [0.1, 0.15) is 6.33 Å². The van der Waals surface area contributed by atoms with Gasteiger partial charge in [-0.2, -0.15) is 0 Å². The lowest BCUT2D eigenvalue weighted by molar-refractivity contribution is 0.699. The zero-order valence-electron chi connectivity index (χ0n) is 16.2. The molecule has 5 heteroatoms. The fraction of sp³-hybridized carbons (Fsp3) is 0.125. The van der Waals surface area contributed by atoms with Crippen LogP contribution >= 0.6 is 0 Å². The molecule has 0 amide bonds. The van der Waals surface area contributed by atoms with E-state index in [4.69, 9.17) is 10.7 Å². The average Bonchev–Trinajstić information content (AvgIpc) is 3.28. The normalized spacial score (nSPS) is 12.5. The summed E-state index contributed by atoms with van der Waals surface area (Å²) in [5.74, 6) is 0. The summed E-state index contributed by atoms with van der Waals surface area (Å²) in [6.45, 7) is 2.10. The molecule has 142 valence electrons. The van der Waals surface area contributed by atoms with Crippen LogP contribution in [0.3, 0.4) is 0 Å². The average molecular weight is 379 g/mol. The second kappa shape index (κ2) is 7.11. The molecule has 0 aliphatic rings. The van der Waals surface area contributed by atoms with E-state index in [1.54, 1.807) is 6.33 Å². The molecule has 0 saturated carbocycles. The van der Waals surface area contributed by atoms with Gasteiger partial charge in [0.15, 0.2) is 5.65 Å². The second-order valence-electron chi connectivity index (χ2n) is 7.20. The number of nitrogens with two attached hydrogens (primary N) is 1. The predicted octanol–water partition coefficient (Wildman–Crippen LogP) is 5.02. The van der Waals surface area contributed by atoms with E-state index in [1.807, 2.05) is 34.9 Å². The largest absolute Gasteiger partial charge is 0.324 e. The molecule has 0 unspecified atom stereocenters. The maximum absolute atomic E-state index is 6.19. The maximum Gasteiger partial charge on any atom is 0.170 e. The van der Waals surface area contributed by atoms with Crippen LogP contribution in [-0.4, -0.2) is 19.6 Å². The molecule has 0 saturated heterocycles. The lowest BCUT2D eigenvalue weighted by Gasteiger charge is -2.14. The summed E-state index contributed by atoms with van der Waals surface area (Å²) in [5, 5.41) is 9.31. The molecule has 0 fully saturated rings. The molecule has 3 aromatic heterocycles. The molecule has 0 radical (unpaired) electrons. The van der Waals surface area contributed by atoms with Crippen molar-refractivity contribution in [1.29, 1.82) is 0 Å². The van der Waals surface area contributed by atoms with Gasteiger partial charge < -0.3 is 5.73 Å². The van der Waals surface area contributed by atoms with Crippen LogP contribution < -0.4 is 5.73 Å². The summed E-state index contributed by atoms with van der Waals surface area (Å²) in [6, 6.07) is 23.0. The van der Waals surface area contributed by atoms with E-state index in [2.05, 4.69) is 59.6 Å². The van der Waals surface area contributed by atoms with Gasteiger partial charge >= 0.3 is 0 Å². The lowest BCUT2D eigenvalue weighted by atomic mass is 9.96. The summed E-state index contributed by atoms with van der Waals surface area (Å²) in [5.41, 5.74) is 13.2. The van der Waals surface area contributed by atoms with Crippen LogP contribution in [0.25, 0.3) is 38.9 Å². The van der Waals surface area contributed by atoms with Crippen LogP contribution in [0.5, 0.6) is 0 Å². The third-order valence-corrected chi connectivity index (χ3v) is 5.40. The van der Waals surface area contributed by atoms with Crippen molar-refractivity contribution in [2.75, 3.05) is 0 Å². The van der Waals surface area contributed by atoms with Crippen molar-refractivity contribution < 1.29 is 0 Å². The number of fused-ring (bicyclic) bond motifs is 3. The first-order valence-corrected chi connectivity index (χ1v) is 9.79. The number of hydrogen-bond acceptors (Lipinski definition) is 4. The van der Waals surface area contributed by atoms with Crippen LogP contribution in [-0.2, 0) is 0 Å². The highest BCUT2D eigenvalue weighted by Crippen LogP contribution is 2.34. The van der Waals surface area contributed by atoms with E-state index in [9.17, 15) is 0 Å². The third kappa shape index (κ3) is 3.05. The standard InChI is InChI=1S/C24H21N5/c1-2-21(25)17-8-10-18(11-9-17)23-19(16-6-4-3-5-7-16)14-20-22(27-23)12-13-29-15-26-28-24(20)29/h3-15,21H,2,25H2,1H3/t21-/m1/s1. The number of benzene rings is 2. The topological polar surface area (TPSA) is 69.1 Å². The molecule has 5 rings (SSSR count). The molecule has 0 spiro atoms. The zero-order valence-corrected chi connectivity index (χ0v) is 16.2. The van der Waals surface area contributed by atoms with Gasteiger partial charge in [-0.15, -0.1) is 10.2 Å². The molecule has 2 aromatic carbocycles. The molecule has 3 heterocycles. The fourth-order valence-electron chi connectivity index (χ4n) is 3.71. The minimum absolute atomic E-state index is 0.0587. The molecule has 5 aromatic rings. The Morgan fingerprint density at radius 1 is 0.966 bits per heavy atom. The molecule has 5 nitrogen and oxygen atoms in total. The molecule has 0 bridgehead atoms. The van der Waals surface area contributed by atoms with Crippen LogP contribution in [0, 0.1) is 0 Å². The van der Waals surface area contributed by atoms with Crippen molar-refractivity contribution in [1.82, 2.24) is 19.6 Å². The van der Waals surface area contributed by atoms with Crippen molar-refractivity contribution in [3.63, 3.8) is 0 Å². The van der Waals surface area contributed by atoms with Crippen molar-refractivity contribution in [2.45, 2.75) is 19.4 Å². The van der Waals surface area contributed by atoms with E-state index in [-0.39, 0.29) is 6.04 Å². The number of hydrogen-bond donors (Lipinski definition) is 1. The number of aromatic nitrogens is 4. The maximum atomic E-state index is 6.19. The Bertz CT molecular complexity index is 1290. The number of pyridine rings is 2. The molecule has 0 aliphatic heterocycles. The zero-order chi connectivity index (χ0) is 19.8. The Morgan fingerprint density at radius 3 is 2.52 bits per heavy atom. The minimum atomic E-state index is 0.0587. The van der Waals surface area contributed by atoms with Gasteiger partial charge in [-0.25, -0.2) is 4.98 Å². The second-order valence-corrected chi connectivity index (χ2v) is 7.20. The van der Waals surface area contributed by atoms with E-state index < -0.39 is 0 Å². The fourth-order valence-corrected chi connectivity index (χ4v) is 3.71. The Kier molecular flexibility index (Phi) is 4.30. The Hall–Kier alpha value is -3.57. The van der Waals surface area contributed by atoms with Gasteiger partial charge in [-0.1, -0.05) is 61.5 Å². The SMILES string of the molecule is CC[C@@H](N)c1ccc(-c2nc3ccn4cnnc4c3cc2-c2ccccc2)cc1. The molecule has 0 aliphatic carbocycles. The number of nitrogens with zero attached hydrogens (tertiary/aromatic N) is 4. The van der Waals surface area contributed by atoms with Crippen LogP contribution in [0.4, 0.5) is 0 Å². The minimum Gasteiger partial charge on any atom is -0.324 e. The summed E-state index contributed by atoms with van der Waals surface area (Å²) in [6.07, 6.45) is 4.57. The van der Waals surface area contributed by atoms with Gasteiger partial charge in [0.05, 0.1) is 11.2 Å². The highest BCUT2D eigenvalue weighted by atomic mass is 15.2. The summed E-state index contributed by atoms with van der Waals surface area (Å²) in [7, 11) is 0. The Morgan fingerprint density at radius 2 is 1.76 bits per heavy atom. The summed E-state index contributed by atoms with van der Waals surface area (Å²) in [4.78, 5) is 5.03. The van der Waals surface area contributed by atoms with Gasteiger partial charge in [0.25, 0.3) is 0 Å². The van der Waals surface area contributed by atoms with Crippen molar-refractivity contribution in [3.8, 4) is 22.4 Å². The molecule has 1 atom stereocenters. The molecular weight excluding hydrogens is 358 g/mol. The highest BCUT2D eigenvalue weighted by Gasteiger charge is 2.14. The van der Waals surface area contributed by atoms with Crippen LogP contribution in [0.15, 0.2) is 79.3 Å². The van der Waals surface area contributed by atoms with Gasteiger partial charge in [0.2, 0.25) is 0 Å². The van der Waals surface area contributed by atoms with Gasteiger partial charge in [-0.3, -0.25) is 4.40 Å². The predicted molar refractivity (Wildman–Crippen MR) is 116 cm³/mol. The molecular formula is C24H21N5. The van der Waals surface area contributed by atoms with E-state index in [0.717, 1.165) is 50.9 Å². The Labute approximate surface area is 168 Å². The van der Waals surface area contributed by atoms with Crippen molar-refractivity contribution in [3.05, 3.63) is 84.8 Å². The molecule has 29 heavy (non-hydrogen) atoms. The van der Waals surface area contributed by atoms with Crippen molar-refractivity contribution in [2.24, 2.45) is 5.73 Å². The first kappa shape index (κ1) is 17.5. The van der Waals surface area contributed by atoms with Crippen LogP contribution in [0.2, 0.25) is 0 Å². The highest BCUT2D eigenvalue weighted by molar-refractivity contribution is 5.98. The van der Waals surface area contributed by atoms with Crippen molar-refractivity contribution >= 4 is 16.6 Å². The summed E-state index contributed by atoms with van der Waals surface area (Å²) >= 11 is 0. The number of rotatable bonds is 4. The monoisotopic (exact) mass is 379 g/mol. The van der Waals surface area contributed by atoms with Crippen LogP contribution in [0.1, 0.15) is 24.9 Å². The third-order valence-electron chi connectivity index (χ3n) is 5.40. The molecule has 2 N–H and O–H groups in total. The lowest BCUT2D eigenvalue weighted by Crippen LogP contribution is -2.08. The van der Waals surface area contributed by atoms with E-state index in [0.29, 0.717) is 0 Å². The summed E-state index contributed by atoms with van der Waals surface area (Å²) < 4.78 is 1.92. The Balaban J connectivity index is 1.76. The van der Waals surface area contributed by atoms with E-state index >= 15 is 0 Å². The van der Waals surface area contributed by atoms with E-state index in [1.165, 1.54) is 0 Å². The van der Waals surface area contributed by atoms with Gasteiger partial charge in [-0.05, 0) is 29.7 Å². The quantitative estimate of drug-likeness (QED) is 0.476. The first-order valence-electron chi connectivity index (χ1n) is 9.79. The van der Waals surface area contributed by atoms with Gasteiger partial charge in [0, 0.05) is 28.8 Å².